The van der Waals surface area contributed by atoms with Crippen LogP contribution in [0.3, 0.4) is 0 Å². The Labute approximate surface area is 220 Å². The number of nitriles is 1. The maximum absolute atomic E-state index is 12.7. The fourth-order valence-electron chi connectivity index (χ4n) is 5.90. The van der Waals surface area contributed by atoms with E-state index >= 15 is 0 Å². The van der Waals surface area contributed by atoms with E-state index in [4.69, 9.17) is 5.26 Å². The summed E-state index contributed by atoms with van der Waals surface area (Å²) in [5.74, 6) is 0.0454. The van der Waals surface area contributed by atoms with Crippen molar-refractivity contribution in [2.75, 3.05) is 31.1 Å². The Morgan fingerprint density at radius 1 is 1.05 bits per heavy atom. The molecule has 0 bridgehead atoms. The second-order valence-electron chi connectivity index (χ2n) is 11.3. The summed E-state index contributed by atoms with van der Waals surface area (Å²) in [6, 6.07) is 18.9. The molecule has 1 aliphatic carbocycles. The Balaban J connectivity index is 1.51. The summed E-state index contributed by atoms with van der Waals surface area (Å²) in [5.41, 5.74) is 4.36. The van der Waals surface area contributed by atoms with E-state index < -0.39 is 6.09 Å². The number of carbonyl (C=O) groups excluding carboxylic acids is 1. The van der Waals surface area contributed by atoms with Gasteiger partial charge in [-0.25, -0.2) is 4.79 Å². The van der Waals surface area contributed by atoms with Crippen molar-refractivity contribution < 1.29 is 14.7 Å². The van der Waals surface area contributed by atoms with Crippen LogP contribution in [0.4, 0.5) is 10.5 Å². The predicted molar refractivity (Wildman–Crippen MR) is 145 cm³/mol. The monoisotopic (exact) mass is 502 g/mol. The molecule has 0 aromatic heterocycles. The Bertz CT molecular complexity index is 1150. The van der Waals surface area contributed by atoms with Crippen LogP contribution in [0.25, 0.3) is 11.1 Å². The highest BCUT2D eigenvalue weighted by molar-refractivity contribution is 5.80. The lowest BCUT2D eigenvalue weighted by Crippen LogP contribution is -2.59. The molecule has 2 aromatic rings. The minimum atomic E-state index is -0.849. The SMILES string of the molecule is CC(C)(C)C1CN(c2ccc(-c3cccc(C4CCCCC4C(=O)NCC#N)c3)cc2)CCN1C(=O)O. The second-order valence-corrected chi connectivity index (χ2v) is 11.3. The van der Waals surface area contributed by atoms with Gasteiger partial charge in [-0.2, -0.15) is 5.26 Å². The van der Waals surface area contributed by atoms with Crippen LogP contribution in [0.2, 0.25) is 0 Å². The molecule has 1 aliphatic heterocycles. The zero-order valence-electron chi connectivity index (χ0n) is 22.1. The van der Waals surface area contributed by atoms with Gasteiger partial charge in [0, 0.05) is 31.2 Å². The van der Waals surface area contributed by atoms with Gasteiger partial charge in [0.2, 0.25) is 5.91 Å². The topological polar surface area (TPSA) is 96.7 Å². The first kappa shape index (κ1) is 26.5. The zero-order chi connectivity index (χ0) is 26.6. The lowest BCUT2D eigenvalue weighted by Gasteiger charge is -2.46. The summed E-state index contributed by atoms with van der Waals surface area (Å²) < 4.78 is 0. The van der Waals surface area contributed by atoms with Crippen molar-refractivity contribution in [2.45, 2.75) is 58.4 Å². The standard InChI is InChI=1S/C30H38N4O3/c1-30(2,3)27-20-33(17-18-34(27)29(36)37)24-13-11-21(12-14-24)22-7-6-8-23(19-22)25-9-4-5-10-26(25)28(35)32-16-15-31/h6-8,11-14,19,25-27H,4-5,9-10,16-18,20H2,1-3H3,(H,32,35)(H,36,37). The van der Waals surface area contributed by atoms with Gasteiger partial charge in [-0.05, 0) is 53.0 Å². The molecule has 4 rings (SSSR count). The van der Waals surface area contributed by atoms with Crippen LogP contribution in [0.5, 0.6) is 0 Å². The number of carboxylic acid groups (broad SMARTS) is 1. The van der Waals surface area contributed by atoms with Gasteiger partial charge >= 0.3 is 6.09 Å². The predicted octanol–water partition coefficient (Wildman–Crippen LogP) is 5.48. The minimum absolute atomic E-state index is 0.0161. The van der Waals surface area contributed by atoms with E-state index in [1.165, 1.54) is 5.56 Å². The van der Waals surface area contributed by atoms with Crippen molar-refractivity contribution >= 4 is 17.7 Å². The van der Waals surface area contributed by atoms with Crippen molar-refractivity contribution in [3.05, 3.63) is 54.1 Å². The van der Waals surface area contributed by atoms with Crippen LogP contribution in [-0.2, 0) is 4.79 Å². The number of carbonyl (C=O) groups is 2. The second kappa shape index (κ2) is 11.2. The van der Waals surface area contributed by atoms with E-state index in [-0.39, 0.29) is 35.7 Å². The molecule has 196 valence electrons. The highest BCUT2D eigenvalue weighted by Gasteiger charge is 2.38. The highest BCUT2D eigenvalue weighted by Crippen LogP contribution is 2.39. The van der Waals surface area contributed by atoms with Gasteiger partial charge in [-0.1, -0.05) is 70.0 Å². The molecule has 3 atom stereocenters. The Morgan fingerprint density at radius 2 is 1.78 bits per heavy atom. The fraction of sp³-hybridized carbons (Fsp3) is 0.500. The molecular weight excluding hydrogens is 464 g/mol. The van der Waals surface area contributed by atoms with E-state index in [2.05, 4.69) is 79.5 Å². The molecule has 2 aromatic carbocycles. The molecule has 1 saturated carbocycles. The number of nitrogens with one attached hydrogen (secondary N) is 1. The van der Waals surface area contributed by atoms with Gasteiger partial charge in [0.15, 0.2) is 0 Å². The number of hydrogen-bond donors (Lipinski definition) is 2. The Hall–Kier alpha value is -3.53. The Morgan fingerprint density at radius 3 is 2.46 bits per heavy atom. The zero-order valence-corrected chi connectivity index (χ0v) is 22.1. The first-order chi connectivity index (χ1) is 17.7. The highest BCUT2D eigenvalue weighted by atomic mass is 16.4. The number of benzene rings is 2. The lowest BCUT2D eigenvalue weighted by molar-refractivity contribution is -0.126. The molecule has 1 heterocycles. The van der Waals surface area contributed by atoms with Gasteiger partial charge in [-0.3, -0.25) is 4.79 Å². The van der Waals surface area contributed by atoms with E-state index in [1.54, 1.807) is 4.90 Å². The average Bonchev–Trinajstić information content (AvgIpc) is 2.91. The van der Waals surface area contributed by atoms with Crippen molar-refractivity contribution in [1.29, 1.82) is 5.26 Å². The lowest BCUT2D eigenvalue weighted by atomic mass is 9.74. The molecule has 1 saturated heterocycles. The quantitative estimate of drug-likeness (QED) is 0.528. The molecular formula is C30H38N4O3. The third-order valence-corrected chi connectivity index (χ3v) is 7.95. The number of hydrogen-bond acceptors (Lipinski definition) is 4. The van der Waals surface area contributed by atoms with Gasteiger partial charge in [0.05, 0.1) is 12.1 Å². The summed E-state index contributed by atoms with van der Waals surface area (Å²) in [5, 5.41) is 21.3. The number of anilines is 1. The van der Waals surface area contributed by atoms with Crippen LogP contribution in [0, 0.1) is 22.7 Å². The average molecular weight is 503 g/mol. The molecule has 0 radical (unpaired) electrons. The van der Waals surface area contributed by atoms with Gasteiger partial charge in [0.25, 0.3) is 0 Å². The van der Waals surface area contributed by atoms with Crippen LogP contribution in [0.1, 0.15) is 57.9 Å². The normalized spacial score (nSPS) is 22.3. The fourth-order valence-corrected chi connectivity index (χ4v) is 5.90. The summed E-state index contributed by atoms with van der Waals surface area (Å²) >= 11 is 0. The molecule has 37 heavy (non-hydrogen) atoms. The van der Waals surface area contributed by atoms with Crippen LogP contribution in [-0.4, -0.2) is 54.2 Å². The van der Waals surface area contributed by atoms with Crippen LogP contribution in [0.15, 0.2) is 48.5 Å². The van der Waals surface area contributed by atoms with E-state index in [0.29, 0.717) is 19.6 Å². The first-order valence-corrected chi connectivity index (χ1v) is 13.3. The Kier molecular flexibility index (Phi) is 8.06. The summed E-state index contributed by atoms with van der Waals surface area (Å²) in [6.07, 6.45) is 3.13. The van der Waals surface area contributed by atoms with Crippen molar-refractivity contribution in [2.24, 2.45) is 11.3 Å². The largest absolute Gasteiger partial charge is 0.465 e. The molecule has 2 N–H and O–H groups in total. The van der Waals surface area contributed by atoms with Crippen LogP contribution < -0.4 is 10.2 Å². The maximum atomic E-state index is 12.7. The summed E-state index contributed by atoms with van der Waals surface area (Å²) in [7, 11) is 0. The number of nitrogens with zero attached hydrogens (tertiary/aromatic N) is 3. The van der Waals surface area contributed by atoms with Crippen LogP contribution >= 0.6 is 0 Å². The minimum Gasteiger partial charge on any atom is -0.465 e. The van der Waals surface area contributed by atoms with Crippen molar-refractivity contribution in [3.8, 4) is 17.2 Å². The first-order valence-electron chi connectivity index (χ1n) is 13.3. The number of rotatable bonds is 5. The van der Waals surface area contributed by atoms with Gasteiger partial charge in [0.1, 0.15) is 6.54 Å². The molecule has 2 amide bonds. The number of piperazine rings is 1. The van der Waals surface area contributed by atoms with E-state index in [1.807, 2.05) is 6.07 Å². The summed E-state index contributed by atoms with van der Waals surface area (Å²) in [4.78, 5) is 28.4. The molecule has 3 unspecified atom stereocenters. The van der Waals surface area contributed by atoms with Crippen molar-refractivity contribution in [3.63, 3.8) is 0 Å². The van der Waals surface area contributed by atoms with Crippen molar-refractivity contribution in [1.82, 2.24) is 10.2 Å². The van der Waals surface area contributed by atoms with E-state index in [0.717, 1.165) is 42.5 Å². The third kappa shape index (κ3) is 6.07. The molecule has 2 aliphatic rings. The molecule has 0 spiro atoms. The molecule has 7 nitrogen and oxygen atoms in total. The molecule has 7 heteroatoms. The number of amides is 2. The van der Waals surface area contributed by atoms with Gasteiger partial charge in [-0.15, -0.1) is 0 Å². The van der Waals surface area contributed by atoms with E-state index in [9.17, 15) is 14.7 Å². The summed E-state index contributed by atoms with van der Waals surface area (Å²) in [6.45, 7) is 8.17. The maximum Gasteiger partial charge on any atom is 0.407 e. The van der Waals surface area contributed by atoms with Gasteiger partial charge < -0.3 is 20.2 Å². The third-order valence-electron chi connectivity index (χ3n) is 7.95. The molecule has 2 fully saturated rings. The smallest absolute Gasteiger partial charge is 0.407 e.